The first-order valence-electron chi connectivity index (χ1n) is 5.08. The number of hydrogen-bond donors (Lipinski definition) is 2. The highest BCUT2D eigenvalue weighted by Crippen LogP contribution is 2.19. The minimum atomic E-state index is 0. The van der Waals surface area contributed by atoms with Gasteiger partial charge in [-0.15, -0.1) is 34.2 Å². The van der Waals surface area contributed by atoms with Gasteiger partial charge in [0.2, 0.25) is 0 Å². The second-order valence-electron chi connectivity index (χ2n) is 3.32. The fraction of sp³-hybridized carbons (Fsp3) is 0.667. The largest absolute Gasteiger partial charge is 0.370 e. The molecule has 98 valence electrons. The van der Waals surface area contributed by atoms with Crippen molar-refractivity contribution in [1.29, 1.82) is 0 Å². The Balaban J connectivity index is 0.00000256. The van der Waals surface area contributed by atoms with E-state index >= 15 is 0 Å². The van der Waals surface area contributed by atoms with Crippen molar-refractivity contribution in [2.75, 3.05) is 6.26 Å². The molecule has 0 amide bonds. The predicted molar refractivity (Wildman–Crippen MR) is 85.3 cm³/mol. The van der Waals surface area contributed by atoms with E-state index in [1.54, 1.807) is 23.1 Å². The highest BCUT2D eigenvalue weighted by molar-refractivity contribution is 14.0. The van der Waals surface area contributed by atoms with Crippen molar-refractivity contribution in [3.8, 4) is 0 Å². The number of halogens is 1. The molecule has 1 rings (SSSR count). The van der Waals surface area contributed by atoms with E-state index in [1.165, 1.54) is 0 Å². The monoisotopic (exact) mass is 387 g/mol. The number of aromatic nitrogens is 2. The summed E-state index contributed by atoms with van der Waals surface area (Å²) in [5.41, 5.74) is 5.73. The summed E-state index contributed by atoms with van der Waals surface area (Å²) in [5, 5.41) is 12.0. The molecule has 1 unspecified atom stereocenters. The van der Waals surface area contributed by atoms with Crippen LogP contribution in [0.4, 0.5) is 0 Å². The Kier molecular flexibility index (Phi) is 8.88. The van der Waals surface area contributed by atoms with Crippen LogP contribution < -0.4 is 11.1 Å². The maximum absolute atomic E-state index is 5.73. The van der Waals surface area contributed by atoms with Gasteiger partial charge in [0.1, 0.15) is 5.01 Å². The SMILES string of the molecule is CCC(C)NC(N)=NCc1nnc(SC)s1.I. The Morgan fingerprint density at radius 2 is 2.29 bits per heavy atom. The molecular formula is C9H18IN5S2. The summed E-state index contributed by atoms with van der Waals surface area (Å²) in [6.45, 7) is 4.66. The molecule has 0 aliphatic heterocycles. The quantitative estimate of drug-likeness (QED) is 0.350. The smallest absolute Gasteiger partial charge is 0.189 e. The topological polar surface area (TPSA) is 76.2 Å². The summed E-state index contributed by atoms with van der Waals surface area (Å²) >= 11 is 3.14. The summed E-state index contributed by atoms with van der Waals surface area (Å²) in [4.78, 5) is 4.21. The third-order valence-electron chi connectivity index (χ3n) is 2.01. The standard InChI is InChI=1S/C9H17N5S2.HI/c1-4-6(2)12-8(10)11-5-7-13-14-9(15-3)16-7;/h6H,4-5H2,1-3H3,(H3,10,11,12);1H. The zero-order valence-corrected chi connectivity index (χ0v) is 14.1. The van der Waals surface area contributed by atoms with Crippen LogP contribution in [0.5, 0.6) is 0 Å². The van der Waals surface area contributed by atoms with E-state index in [0.29, 0.717) is 18.5 Å². The van der Waals surface area contributed by atoms with Crippen LogP contribution in [0.1, 0.15) is 25.3 Å². The number of nitrogens with two attached hydrogens (primary N) is 1. The van der Waals surface area contributed by atoms with E-state index in [1.807, 2.05) is 6.26 Å². The van der Waals surface area contributed by atoms with Gasteiger partial charge in [-0.3, -0.25) is 0 Å². The van der Waals surface area contributed by atoms with Crippen LogP contribution in [0.25, 0.3) is 0 Å². The van der Waals surface area contributed by atoms with Crippen LogP contribution in [0.3, 0.4) is 0 Å². The third kappa shape index (κ3) is 6.41. The molecule has 0 aliphatic rings. The first kappa shape index (κ1) is 16.9. The van der Waals surface area contributed by atoms with Gasteiger partial charge in [0, 0.05) is 6.04 Å². The highest BCUT2D eigenvalue weighted by Gasteiger charge is 2.03. The molecule has 1 aromatic heterocycles. The van der Waals surface area contributed by atoms with Crippen LogP contribution in [-0.2, 0) is 6.54 Å². The van der Waals surface area contributed by atoms with Crippen LogP contribution in [-0.4, -0.2) is 28.5 Å². The maximum atomic E-state index is 5.73. The van der Waals surface area contributed by atoms with Gasteiger partial charge in [0.05, 0.1) is 6.54 Å². The van der Waals surface area contributed by atoms with Crippen molar-refractivity contribution in [2.45, 2.75) is 37.2 Å². The van der Waals surface area contributed by atoms with Gasteiger partial charge in [-0.1, -0.05) is 30.0 Å². The van der Waals surface area contributed by atoms with E-state index in [4.69, 9.17) is 5.73 Å². The highest BCUT2D eigenvalue weighted by atomic mass is 127. The van der Waals surface area contributed by atoms with Crippen molar-refractivity contribution < 1.29 is 0 Å². The van der Waals surface area contributed by atoms with Crippen LogP contribution >= 0.6 is 47.1 Å². The zero-order chi connectivity index (χ0) is 12.0. The average molecular weight is 387 g/mol. The molecule has 0 aliphatic carbocycles. The molecule has 0 bridgehead atoms. The normalized spacial score (nSPS) is 13.0. The Hall–Kier alpha value is -0.0900. The number of nitrogens with zero attached hydrogens (tertiary/aromatic N) is 3. The lowest BCUT2D eigenvalue weighted by atomic mass is 10.3. The van der Waals surface area contributed by atoms with Gasteiger partial charge in [-0.25, -0.2) is 4.99 Å². The molecule has 8 heteroatoms. The summed E-state index contributed by atoms with van der Waals surface area (Å²) in [6, 6.07) is 0.347. The zero-order valence-electron chi connectivity index (χ0n) is 10.1. The Labute approximate surface area is 127 Å². The van der Waals surface area contributed by atoms with Gasteiger partial charge in [-0.05, 0) is 19.6 Å². The molecule has 0 aromatic carbocycles. The number of aliphatic imine (C=N–C) groups is 1. The lowest BCUT2D eigenvalue weighted by Crippen LogP contribution is -2.38. The summed E-state index contributed by atoms with van der Waals surface area (Å²) in [6.07, 6.45) is 3.00. The predicted octanol–water partition coefficient (Wildman–Crippen LogP) is 2.08. The maximum Gasteiger partial charge on any atom is 0.189 e. The van der Waals surface area contributed by atoms with Crippen molar-refractivity contribution in [1.82, 2.24) is 15.5 Å². The lowest BCUT2D eigenvalue weighted by Gasteiger charge is -2.11. The molecule has 0 spiro atoms. The molecule has 0 saturated carbocycles. The summed E-state index contributed by atoms with van der Waals surface area (Å²) in [7, 11) is 0. The van der Waals surface area contributed by atoms with Gasteiger partial charge in [0.25, 0.3) is 0 Å². The molecule has 3 N–H and O–H groups in total. The van der Waals surface area contributed by atoms with Crippen molar-refractivity contribution in [3.05, 3.63) is 5.01 Å². The number of rotatable bonds is 5. The molecule has 1 atom stereocenters. The minimum Gasteiger partial charge on any atom is -0.370 e. The first-order valence-corrected chi connectivity index (χ1v) is 7.12. The second kappa shape index (κ2) is 8.92. The first-order chi connectivity index (χ1) is 7.65. The van der Waals surface area contributed by atoms with E-state index in [9.17, 15) is 0 Å². The molecular weight excluding hydrogens is 369 g/mol. The molecule has 1 aromatic rings. The lowest BCUT2D eigenvalue weighted by molar-refractivity contribution is 0.636. The Morgan fingerprint density at radius 3 is 2.82 bits per heavy atom. The molecule has 0 saturated heterocycles. The minimum absolute atomic E-state index is 0. The number of thioether (sulfide) groups is 1. The summed E-state index contributed by atoms with van der Waals surface area (Å²) in [5.74, 6) is 0.468. The van der Waals surface area contributed by atoms with Crippen molar-refractivity contribution >= 4 is 53.0 Å². The van der Waals surface area contributed by atoms with Crippen molar-refractivity contribution in [2.24, 2.45) is 10.7 Å². The molecule has 5 nitrogen and oxygen atoms in total. The number of guanidine groups is 1. The Bertz CT molecular complexity index is 355. The van der Waals surface area contributed by atoms with Crippen molar-refractivity contribution in [3.63, 3.8) is 0 Å². The van der Waals surface area contributed by atoms with Gasteiger partial charge in [0.15, 0.2) is 10.3 Å². The number of nitrogens with one attached hydrogen (secondary N) is 1. The van der Waals surface area contributed by atoms with E-state index in [0.717, 1.165) is 15.8 Å². The Morgan fingerprint density at radius 1 is 1.59 bits per heavy atom. The molecule has 0 radical (unpaired) electrons. The summed E-state index contributed by atoms with van der Waals surface area (Å²) < 4.78 is 0.957. The third-order valence-corrected chi connectivity index (χ3v) is 3.90. The van der Waals surface area contributed by atoms with E-state index in [-0.39, 0.29) is 24.0 Å². The second-order valence-corrected chi connectivity index (χ2v) is 5.44. The molecule has 17 heavy (non-hydrogen) atoms. The van der Waals surface area contributed by atoms with Crippen LogP contribution in [0.2, 0.25) is 0 Å². The fourth-order valence-electron chi connectivity index (χ4n) is 0.938. The van der Waals surface area contributed by atoms with Gasteiger partial charge < -0.3 is 11.1 Å². The molecule has 1 heterocycles. The van der Waals surface area contributed by atoms with E-state index in [2.05, 4.69) is 34.4 Å². The van der Waals surface area contributed by atoms with Gasteiger partial charge in [-0.2, -0.15) is 0 Å². The van der Waals surface area contributed by atoms with Gasteiger partial charge >= 0.3 is 0 Å². The molecule has 0 fully saturated rings. The average Bonchev–Trinajstić information content (AvgIpc) is 2.74. The van der Waals surface area contributed by atoms with Crippen LogP contribution in [0, 0.1) is 0 Å². The fourth-order valence-corrected chi connectivity index (χ4v) is 2.18. The van der Waals surface area contributed by atoms with Crippen LogP contribution in [0.15, 0.2) is 9.33 Å². The van der Waals surface area contributed by atoms with E-state index < -0.39 is 0 Å². The number of hydrogen-bond acceptors (Lipinski definition) is 5.